The van der Waals surface area contributed by atoms with Crippen molar-refractivity contribution in [2.75, 3.05) is 5.32 Å². The Morgan fingerprint density at radius 2 is 1.83 bits per heavy atom. The van der Waals surface area contributed by atoms with Crippen molar-refractivity contribution in [3.8, 4) is 22.6 Å². The molecule has 152 valence electrons. The molecular formula is C21H21F2N3O3. The first-order valence-electron chi connectivity index (χ1n) is 9.12. The van der Waals surface area contributed by atoms with E-state index in [9.17, 15) is 13.6 Å². The van der Waals surface area contributed by atoms with E-state index in [1.165, 1.54) is 12.1 Å². The largest absolute Gasteiger partial charge is 0.586 e. The first-order chi connectivity index (χ1) is 13.8. The van der Waals surface area contributed by atoms with Gasteiger partial charge in [0.2, 0.25) is 0 Å². The highest BCUT2D eigenvalue weighted by Gasteiger charge is 2.43. The minimum Gasteiger partial charge on any atom is -0.395 e. The van der Waals surface area contributed by atoms with Crippen molar-refractivity contribution < 1.29 is 23.0 Å². The van der Waals surface area contributed by atoms with Crippen molar-refractivity contribution in [1.82, 2.24) is 9.55 Å². The maximum atomic E-state index is 13.2. The van der Waals surface area contributed by atoms with Gasteiger partial charge in [0, 0.05) is 25.0 Å². The van der Waals surface area contributed by atoms with E-state index in [0.29, 0.717) is 22.6 Å². The van der Waals surface area contributed by atoms with E-state index in [-0.39, 0.29) is 17.4 Å². The highest BCUT2D eigenvalue weighted by Crippen LogP contribution is 2.44. The van der Waals surface area contributed by atoms with Crippen LogP contribution < -0.4 is 14.8 Å². The molecule has 3 heterocycles. The van der Waals surface area contributed by atoms with E-state index in [1.807, 2.05) is 13.8 Å². The molecular weight excluding hydrogens is 380 g/mol. The summed E-state index contributed by atoms with van der Waals surface area (Å²) in [5.41, 5.74) is 2.62. The van der Waals surface area contributed by atoms with Crippen molar-refractivity contribution in [1.29, 1.82) is 0 Å². The number of fused-ring (bicyclic) bond motifs is 1. The number of amides is 1. The van der Waals surface area contributed by atoms with Gasteiger partial charge in [-0.2, -0.15) is 0 Å². The fourth-order valence-electron chi connectivity index (χ4n) is 2.91. The second-order valence-electron chi connectivity index (χ2n) is 6.17. The Bertz CT molecular complexity index is 1030. The average molecular weight is 401 g/mol. The number of ether oxygens (including phenoxy) is 2. The Labute approximate surface area is 167 Å². The summed E-state index contributed by atoms with van der Waals surface area (Å²) in [6.45, 7) is 5.78. The molecule has 1 N–H and O–H groups in total. The Morgan fingerprint density at radius 1 is 1.14 bits per heavy atom. The van der Waals surface area contributed by atoms with Gasteiger partial charge in [0.15, 0.2) is 11.5 Å². The van der Waals surface area contributed by atoms with Crippen LogP contribution >= 0.6 is 0 Å². The minimum absolute atomic E-state index is 0.000611. The highest BCUT2D eigenvalue weighted by molar-refractivity contribution is 6.02. The number of nitrogens with one attached hydrogen (secondary N) is 1. The van der Waals surface area contributed by atoms with Crippen LogP contribution in [0.4, 0.5) is 14.6 Å². The standard InChI is InChI=1S/C19H15F2N3O3.C2H6/c1-11-8-15-16(27-19(20,21)26-15)9-13(11)12-5-6-17(22-10-12)23-18(25)14-4-3-7-24(14)2;1-2/h3-10H,1-2H3,(H,22,23,25);1-2H3. The smallest absolute Gasteiger partial charge is 0.395 e. The van der Waals surface area contributed by atoms with Crippen molar-refractivity contribution >= 4 is 11.7 Å². The SMILES string of the molecule is CC.Cc1cc2c(cc1-c1ccc(NC(=O)c3cccn3C)nc1)OC(F)(F)O2. The van der Waals surface area contributed by atoms with Gasteiger partial charge in [0.25, 0.3) is 5.91 Å². The van der Waals surface area contributed by atoms with E-state index in [1.54, 1.807) is 55.2 Å². The number of halogens is 2. The molecule has 0 unspecified atom stereocenters. The maximum absolute atomic E-state index is 13.2. The predicted octanol–water partition coefficient (Wildman–Crippen LogP) is 5.00. The van der Waals surface area contributed by atoms with E-state index >= 15 is 0 Å². The van der Waals surface area contributed by atoms with Crippen LogP contribution in [-0.4, -0.2) is 21.8 Å². The van der Waals surface area contributed by atoms with Crippen LogP contribution in [0, 0.1) is 6.92 Å². The Kier molecular flexibility index (Phi) is 5.54. The lowest BCUT2D eigenvalue weighted by Crippen LogP contribution is -2.25. The summed E-state index contributed by atoms with van der Waals surface area (Å²) in [4.78, 5) is 16.5. The fourth-order valence-corrected chi connectivity index (χ4v) is 2.91. The summed E-state index contributed by atoms with van der Waals surface area (Å²) in [6.07, 6.45) is -0.322. The molecule has 6 nitrogen and oxygen atoms in total. The number of benzene rings is 1. The third-order valence-corrected chi connectivity index (χ3v) is 4.24. The Balaban J connectivity index is 0.00000117. The van der Waals surface area contributed by atoms with Gasteiger partial charge in [-0.3, -0.25) is 4.79 Å². The number of rotatable bonds is 3. The van der Waals surface area contributed by atoms with E-state index in [4.69, 9.17) is 0 Å². The summed E-state index contributed by atoms with van der Waals surface area (Å²) >= 11 is 0. The topological polar surface area (TPSA) is 65.4 Å². The lowest BCUT2D eigenvalue weighted by Gasteiger charge is -2.09. The molecule has 3 aromatic rings. The van der Waals surface area contributed by atoms with Gasteiger partial charge in [-0.25, -0.2) is 4.98 Å². The van der Waals surface area contributed by atoms with Crippen molar-refractivity contribution in [2.45, 2.75) is 27.1 Å². The van der Waals surface area contributed by atoms with Gasteiger partial charge in [-0.05, 0) is 54.4 Å². The molecule has 0 radical (unpaired) electrons. The summed E-state index contributed by atoms with van der Waals surface area (Å²) in [5, 5.41) is 2.72. The average Bonchev–Trinajstić information content (AvgIpc) is 3.24. The number of pyridine rings is 1. The molecule has 1 aliphatic rings. The van der Waals surface area contributed by atoms with Gasteiger partial charge in [0.05, 0.1) is 0 Å². The molecule has 0 atom stereocenters. The van der Waals surface area contributed by atoms with Crippen LogP contribution in [0.5, 0.6) is 11.5 Å². The number of hydrogen-bond acceptors (Lipinski definition) is 4. The molecule has 1 amide bonds. The maximum Gasteiger partial charge on any atom is 0.586 e. The molecule has 0 fully saturated rings. The van der Waals surface area contributed by atoms with Crippen molar-refractivity contribution in [3.63, 3.8) is 0 Å². The zero-order valence-corrected chi connectivity index (χ0v) is 16.5. The van der Waals surface area contributed by atoms with E-state index in [0.717, 1.165) is 5.56 Å². The number of anilines is 1. The molecule has 8 heteroatoms. The van der Waals surface area contributed by atoms with Gasteiger partial charge in [-0.1, -0.05) is 13.8 Å². The Hall–Kier alpha value is -3.42. The minimum atomic E-state index is -3.66. The van der Waals surface area contributed by atoms with Gasteiger partial charge in [0.1, 0.15) is 11.5 Å². The monoisotopic (exact) mass is 401 g/mol. The molecule has 0 spiro atoms. The lowest BCUT2D eigenvalue weighted by atomic mass is 10.0. The van der Waals surface area contributed by atoms with E-state index in [2.05, 4.69) is 19.8 Å². The molecule has 29 heavy (non-hydrogen) atoms. The third-order valence-electron chi connectivity index (χ3n) is 4.24. The lowest BCUT2D eigenvalue weighted by molar-refractivity contribution is -0.286. The van der Waals surface area contributed by atoms with Gasteiger partial charge < -0.3 is 19.4 Å². The number of carbonyl (C=O) groups is 1. The molecule has 0 bridgehead atoms. The molecule has 0 saturated heterocycles. The number of carbonyl (C=O) groups excluding carboxylic acids is 1. The van der Waals surface area contributed by atoms with Crippen molar-refractivity contribution in [3.05, 3.63) is 60.0 Å². The van der Waals surface area contributed by atoms with Crippen LogP contribution in [0.1, 0.15) is 29.9 Å². The molecule has 1 aromatic carbocycles. The van der Waals surface area contributed by atoms with E-state index < -0.39 is 6.29 Å². The molecule has 2 aromatic heterocycles. The van der Waals surface area contributed by atoms with Crippen LogP contribution in [0.15, 0.2) is 48.8 Å². The summed E-state index contributed by atoms with van der Waals surface area (Å²) < 4.78 is 37.1. The number of alkyl halides is 2. The number of hydrogen-bond donors (Lipinski definition) is 1. The van der Waals surface area contributed by atoms with Crippen LogP contribution in [-0.2, 0) is 7.05 Å². The summed E-state index contributed by atoms with van der Waals surface area (Å²) in [7, 11) is 1.78. The molecule has 0 saturated carbocycles. The summed E-state index contributed by atoms with van der Waals surface area (Å²) in [5.74, 6) is 0.0847. The molecule has 4 rings (SSSR count). The fraction of sp³-hybridized carbons (Fsp3) is 0.238. The summed E-state index contributed by atoms with van der Waals surface area (Å²) in [6, 6.07) is 9.86. The second-order valence-corrected chi connectivity index (χ2v) is 6.17. The number of aryl methyl sites for hydroxylation is 2. The molecule has 1 aliphatic heterocycles. The first-order valence-corrected chi connectivity index (χ1v) is 9.12. The van der Waals surface area contributed by atoms with Gasteiger partial charge in [-0.15, -0.1) is 8.78 Å². The number of aromatic nitrogens is 2. The second kappa shape index (κ2) is 7.90. The quantitative estimate of drug-likeness (QED) is 0.671. The highest BCUT2D eigenvalue weighted by atomic mass is 19.3. The predicted molar refractivity (Wildman–Crippen MR) is 105 cm³/mol. The molecule has 0 aliphatic carbocycles. The van der Waals surface area contributed by atoms with Crippen molar-refractivity contribution in [2.24, 2.45) is 7.05 Å². The zero-order chi connectivity index (χ0) is 21.2. The third kappa shape index (κ3) is 4.21. The van der Waals surface area contributed by atoms with Crippen LogP contribution in [0.2, 0.25) is 0 Å². The van der Waals surface area contributed by atoms with Crippen LogP contribution in [0.25, 0.3) is 11.1 Å². The zero-order valence-electron chi connectivity index (χ0n) is 16.5. The normalized spacial score (nSPS) is 13.4. The van der Waals surface area contributed by atoms with Gasteiger partial charge >= 0.3 is 6.29 Å². The number of nitrogens with zero attached hydrogens (tertiary/aromatic N) is 2. The first kappa shape index (κ1) is 20.3. The van der Waals surface area contributed by atoms with Crippen LogP contribution in [0.3, 0.4) is 0 Å². The Morgan fingerprint density at radius 3 is 2.41 bits per heavy atom.